The van der Waals surface area contributed by atoms with Gasteiger partial charge in [-0.15, -0.1) is 0 Å². The van der Waals surface area contributed by atoms with E-state index < -0.39 is 0 Å². The van der Waals surface area contributed by atoms with E-state index in [1.54, 1.807) is 7.11 Å². The molecule has 0 aliphatic carbocycles. The van der Waals surface area contributed by atoms with E-state index in [0.29, 0.717) is 13.2 Å². The summed E-state index contributed by atoms with van der Waals surface area (Å²) in [4.78, 5) is 11.8. The predicted octanol–water partition coefficient (Wildman–Crippen LogP) is 2.15. The Balaban J connectivity index is 1.87. The lowest BCUT2D eigenvalue weighted by Gasteiger charge is -2.13. The van der Waals surface area contributed by atoms with Crippen molar-refractivity contribution < 1.29 is 14.3 Å². The quantitative estimate of drug-likeness (QED) is 0.897. The van der Waals surface area contributed by atoms with Crippen LogP contribution in [0.1, 0.15) is 29.5 Å². The molecule has 4 nitrogen and oxygen atoms in total. The molecule has 1 saturated heterocycles. The molecular weight excluding hydrogens is 254 g/mol. The number of ether oxygens (including phenoxy) is 2. The molecule has 1 unspecified atom stereocenters. The third-order valence-corrected chi connectivity index (χ3v) is 3.77. The van der Waals surface area contributed by atoms with Gasteiger partial charge in [0.15, 0.2) is 0 Å². The van der Waals surface area contributed by atoms with Gasteiger partial charge in [-0.2, -0.15) is 0 Å². The normalized spacial score (nSPS) is 18.1. The van der Waals surface area contributed by atoms with E-state index in [2.05, 4.69) is 18.3 Å². The van der Waals surface area contributed by atoms with Gasteiger partial charge in [-0.05, 0) is 55.9 Å². The van der Waals surface area contributed by atoms with Gasteiger partial charge in [0, 0.05) is 13.2 Å². The summed E-state index contributed by atoms with van der Waals surface area (Å²) in [6.07, 6.45) is 2.41. The summed E-state index contributed by atoms with van der Waals surface area (Å²) in [5.41, 5.74) is 3.56. The number of rotatable bonds is 5. The molecule has 110 valence electrons. The summed E-state index contributed by atoms with van der Waals surface area (Å²) in [6, 6.07) is 4.18. The van der Waals surface area contributed by atoms with Crippen molar-refractivity contribution in [2.75, 3.05) is 20.3 Å². The first-order valence-electron chi connectivity index (χ1n) is 7.15. The van der Waals surface area contributed by atoms with Crippen molar-refractivity contribution in [3.8, 4) is 5.75 Å². The summed E-state index contributed by atoms with van der Waals surface area (Å²) in [5, 5.41) is 2.95. The molecule has 20 heavy (non-hydrogen) atoms. The van der Waals surface area contributed by atoms with Gasteiger partial charge < -0.3 is 14.8 Å². The van der Waals surface area contributed by atoms with Gasteiger partial charge in [0.05, 0.1) is 7.11 Å². The van der Waals surface area contributed by atoms with Crippen LogP contribution in [0, 0.1) is 13.8 Å². The summed E-state index contributed by atoms with van der Waals surface area (Å²) < 4.78 is 10.7. The SMILES string of the molecule is COc1cc(C)c(CCNC(=O)C2CCCO2)cc1C. The highest BCUT2D eigenvalue weighted by Crippen LogP contribution is 2.22. The fourth-order valence-corrected chi connectivity index (χ4v) is 2.56. The Morgan fingerprint density at radius 3 is 2.85 bits per heavy atom. The van der Waals surface area contributed by atoms with Gasteiger partial charge in [0.2, 0.25) is 5.91 Å². The van der Waals surface area contributed by atoms with Crippen molar-refractivity contribution in [1.29, 1.82) is 0 Å². The zero-order valence-electron chi connectivity index (χ0n) is 12.5. The molecule has 1 atom stereocenters. The largest absolute Gasteiger partial charge is 0.496 e. The third-order valence-electron chi connectivity index (χ3n) is 3.77. The Bertz CT molecular complexity index is 479. The molecule has 1 aromatic carbocycles. The van der Waals surface area contributed by atoms with E-state index in [-0.39, 0.29) is 12.0 Å². The second-order valence-corrected chi connectivity index (χ2v) is 5.29. The van der Waals surface area contributed by atoms with E-state index in [4.69, 9.17) is 9.47 Å². The van der Waals surface area contributed by atoms with Crippen LogP contribution >= 0.6 is 0 Å². The van der Waals surface area contributed by atoms with Gasteiger partial charge in [-0.3, -0.25) is 4.79 Å². The minimum absolute atomic E-state index is 0.0189. The maximum Gasteiger partial charge on any atom is 0.249 e. The molecule has 1 aromatic rings. The number of benzene rings is 1. The van der Waals surface area contributed by atoms with Crippen LogP contribution in [-0.2, 0) is 16.0 Å². The lowest BCUT2D eigenvalue weighted by Crippen LogP contribution is -2.35. The molecule has 1 amide bonds. The maximum absolute atomic E-state index is 11.8. The van der Waals surface area contributed by atoms with Gasteiger partial charge >= 0.3 is 0 Å². The van der Waals surface area contributed by atoms with E-state index in [1.165, 1.54) is 11.1 Å². The van der Waals surface area contributed by atoms with Crippen LogP contribution in [0.25, 0.3) is 0 Å². The number of carbonyl (C=O) groups is 1. The molecular formula is C16H23NO3. The zero-order chi connectivity index (χ0) is 14.5. The van der Waals surface area contributed by atoms with Crippen molar-refractivity contribution in [3.63, 3.8) is 0 Å². The van der Waals surface area contributed by atoms with E-state index in [9.17, 15) is 4.79 Å². The first-order valence-corrected chi connectivity index (χ1v) is 7.15. The maximum atomic E-state index is 11.8. The second kappa shape index (κ2) is 6.75. The molecule has 1 heterocycles. The second-order valence-electron chi connectivity index (χ2n) is 5.29. The number of aryl methyl sites for hydroxylation is 2. The number of nitrogens with one attached hydrogen (secondary N) is 1. The van der Waals surface area contributed by atoms with Crippen molar-refractivity contribution in [1.82, 2.24) is 5.32 Å². The average molecular weight is 277 g/mol. The first kappa shape index (κ1) is 14.9. The van der Waals surface area contributed by atoms with E-state index >= 15 is 0 Å². The van der Waals surface area contributed by atoms with Gasteiger partial charge in [-0.25, -0.2) is 0 Å². The fraction of sp³-hybridized carbons (Fsp3) is 0.562. The molecule has 0 spiro atoms. The number of amides is 1. The lowest BCUT2D eigenvalue weighted by molar-refractivity contribution is -0.129. The Morgan fingerprint density at radius 1 is 1.40 bits per heavy atom. The summed E-state index contributed by atoms with van der Waals surface area (Å²) in [6.45, 7) is 5.45. The minimum atomic E-state index is -0.242. The number of hydrogen-bond donors (Lipinski definition) is 1. The van der Waals surface area contributed by atoms with Crippen LogP contribution in [0.5, 0.6) is 5.75 Å². The lowest BCUT2D eigenvalue weighted by atomic mass is 10.0. The number of carbonyl (C=O) groups excluding carboxylic acids is 1. The van der Waals surface area contributed by atoms with Crippen molar-refractivity contribution in [2.45, 2.75) is 39.2 Å². The summed E-state index contributed by atoms with van der Waals surface area (Å²) in [7, 11) is 1.68. The van der Waals surface area contributed by atoms with Gasteiger partial charge in [0.25, 0.3) is 0 Å². The van der Waals surface area contributed by atoms with E-state index in [0.717, 1.165) is 30.6 Å². The van der Waals surface area contributed by atoms with Crippen LogP contribution in [0.4, 0.5) is 0 Å². The molecule has 0 aromatic heterocycles. The van der Waals surface area contributed by atoms with Crippen LogP contribution in [0.3, 0.4) is 0 Å². The predicted molar refractivity (Wildman–Crippen MR) is 78.2 cm³/mol. The Morgan fingerprint density at radius 2 is 2.20 bits per heavy atom. The Kier molecular flexibility index (Phi) is 5.01. The molecule has 1 N–H and O–H groups in total. The summed E-state index contributed by atoms with van der Waals surface area (Å²) in [5.74, 6) is 0.931. The Labute approximate surface area is 120 Å². The van der Waals surface area contributed by atoms with Crippen molar-refractivity contribution in [2.24, 2.45) is 0 Å². The van der Waals surface area contributed by atoms with Crippen LogP contribution in [0.15, 0.2) is 12.1 Å². The van der Waals surface area contributed by atoms with Crippen LogP contribution < -0.4 is 10.1 Å². The highest BCUT2D eigenvalue weighted by atomic mass is 16.5. The smallest absolute Gasteiger partial charge is 0.249 e. The Hall–Kier alpha value is -1.55. The summed E-state index contributed by atoms with van der Waals surface area (Å²) >= 11 is 0. The molecule has 1 aliphatic rings. The number of hydrogen-bond acceptors (Lipinski definition) is 3. The van der Waals surface area contributed by atoms with E-state index in [1.807, 2.05) is 13.0 Å². The molecule has 0 saturated carbocycles. The topological polar surface area (TPSA) is 47.6 Å². The standard InChI is InChI=1S/C16H23NO3/c1-11-10-15(19-3)12(2)9-13(11)6-7-17-16(18)14-5-4-8-20-14/h9-10,14H,4-8H2,1-3H3,(H,17,18). The highest BCUT2D eigenvalue weighted by Gasteiger charge is 2.22. The molecule has 0 bridgehead atoms. The molecule has 0 radical (unpaired) electrons. The van der Waals surface area contributed by atoms with Crippen LogP contribution in [0.2, 0.25) is 0 Å². The molecule has 4 heteroatoms. The molecule has 2 rings (SSSR count). The highest BCUT2D eigenvalue weighted by molar-refractivity contribution is 5.80. The fourth-order valence-electron chi connectivity index (χ4n) is 2.56. The van der Waals surface area contributed by atoms with Gasteiger partial charge in [0.1, 0.15) is 11.9 Å². The third kappa shape index (κ3) is 3.51. The minimum Gasteiger partial charge on any atom is -0.496 e. The first-order chi connectivity index (χ1) is 9.61. The van der Waals surface area contributed by atoms with Crippen LogP contribution in [-0.4, -0.2) is 32.3 Å². The van der Waals surface area contributed by atoms with Crippen molar-refractivity contribution >= 4 is 5.91 Å². The monoisotopic (exact) mass is 277 g/mol. The molecule has 1 aliphatic heterocycles. The zero-order valence-corrected chi connectivity index (χ0v) is 12.5. The number of methoxy groups -OCH3 is 1. The van der Waals surface area contributed by atoms with Gasteiger partial charge in [-0.1, -0.05) is 6.07 Å². The van der Waals surface area contributed by atoms with Crippen molar-refractivity contribution in [3.05, 3.63) is 28.8 Å². The average Bonchev–Trinajstić information content (AvgIpc) is 2.96. The molecule has 1 fully saturated rings.